The maximum absolute atomic E-state index is 12.9. The van der Waals surface area contributed by atoms with Gasteiger partial charge in [0.15, 0.2) is 0 Å². The van der Waals surface area contributed by atoms with E-state index in [-0.39, 0.29) is 23.3 Å². The predicted molar refractivity (Wildman–Crippen MR) is 57.9 cm³/mol. The summed E-state index contributed by atoms with van der Waals surface area (Å²) in [6.45, 7) is 0.338. The monoisotopic (exact) mass is 241 g/mol. The zero-order chi connectivity index (χ0) is 11.7. The summed E-state index contributed by atoms with van der Waals surface area (Å²) < 4.78 is 12.9. The van der Waals surface area contributed by atoms with E-state index in [4.69, 9.17) is 11.6 Å². The van der Waals surface area contributed by atoms with E-state index in [0.29, 0.717) is 12.2 Å². The summed E-state index contributed by atoms with van der Waals surface area (Å²) in [6, 6.07) is 4.08. The van der Waals surface area contributed by atoms with Gasteiger partial charge in [-0.25, -0.2) is 4.39 Å². The number of benzene rings is 1. The molecule has 84 valence electrons. The molecule has 1 aliphatic heterocycles. The number of anilines is 1. The maximum Gasteiger partial charge on any atom is 0.227 e. The molecule has 16 heavy (non-hydrogen) atoms. The lowest BCUT2D eigenvalue weighted by Crippen LogP contribution is -2.24. The Morgan fingerprint density at radius 1 is 1.50 bits per heavy atom. The molecule has 1 aliphatic rings. The lowest BCUT2D eigenvalue weighted by Gasteiger charge is -2.16. The quantitative estimate of drug-likeness (QED) is 0.743. The van der Waals surface area contributed by atoms with E-state index in [2.05, 4.69) is 0 Å². The Kier molecular flexibility index (Phi) is 2.92. The van der Waals surface area contributed by atoms with Crippen LogP contribution in [0.4, 0.5) is 10.1 Å². The summed E-state index contributed by atoms with van der Waals surface area (Å²) in [5.41, 5.74) is 0.528. The first kappa shape index (κ1) is 11.1. The van der Waals surface area contributed by atoms with Crippen molar-refractivity contribution in [2.45, 2.75) is 6.42 Å². The van der Waals surface area contributed by atoms with Gasteiger partial charge in [0.2, 0.25) is 5.91 Å². The summed E-state index contributed by atoms with van der Waals surface area (Å²) >= 11 is 5.63. The van der Waals surface area contributed by atoms with Crippen LogP contribution in [0.2, 0.25) is 5.02 Å². The minimum Gasteiger partial charge on any atom is -0.312 e. The van der Waals surface area contributed by atoms with E-state index in [1.54, 1.807) is 0 Å². The molecule has 0 spiro atoms. The highest BCUT2D eigenvalue weighted by molar-refractivity contribution is 6.31. The van der Waals surface area contributed by atoms with E-state index < -0.39 is 5.82 Å². The highest BCUT2D eigenvalue weighted by atomic mass is 35.5. The van der Waals surface area contributed by atoms with Crippen molar-refractivity contribution in [2.24, 2.45) is 5.92 Å². The Morgan fingerprint density at radius 3 is 2.81 bits per heavy atom. The first-order valence-electron chi connectivity index (χ1n) is 4.82. The van der Waals surface area contributed by atoms with Gasteiger partial charge in [-0.05, 0) is 18.2 Å². The molecule has 1 aromatic carbocycles. The van der Waals surface area contributed by atoms with Crippen molar-refractivity contribution >= 4 is 29.5 Å². The van der Waals surface area contributed by atoms with Crippen LogP contribution in [-0.4, -0.2) is 18.7 Å². The van der Waals surface area contributed by atoms with E-state index in [1.165, 1.54) is 23.1 Å². The molecular weight excluding hydrogens is 233 g/mol. The predicted octanol–water partition coefficient (Wildman–Crippen LogP) is 2.03. The number of rotatable bonds is 2. The molecule has 0 N–H and O–H groups in total. The van der Waals surface area contributed by atoms with Gasteiger partial charge in [-0.2, -0.15) is 0 Å². The molecule has 0 saturated carbocycles. The molecule has 0 radical (unpaired) electrons. The minimum absolute atomic E-state index is 0.0279. The van der Waals surface area contributed by atoms with Gasteiger partial charge in [0.25, 0.3) is 0 Å². The molecule has 0 aromatic heterocycles. The Bertz CT molecular complexity index is 450. The Labute approximate surface area is 96.8 Å². The van der Waals surface area contributed by atoms with Crippen LogP contribution in [0.25, 0.3) is 0 Å². The average molecular weight is 242 g/mol. The highest BCUT2D eigenvalue weighted by Crippen LogP contribution is 2.27. The molecule has 1 aromatic rings. The second-order valence-corrected chi connectivity index (χ2v) is 4.11. The van der Waals surface area contributed by atoms with E-state index in [0.717, 1.165) is 6.29 Å². The molecule has 0 aliphatic carbocycles. The molecule has 1 saturated heterocycles. The zero-order valence-corrected chi connectivity index (χ0v) is 9.08. The summed E-state index contributed by atoms with van der Waals surface area (Å²) in [7, 11) is 0. The van der Waals surface area contributed by atoms with Crippen molar-refractivity contribution in [2.75, 3.05) is 11.4 Å². The molecular formula is C11H9ClFNO2. The number of amides is 1. The van der Waals surface area contributed by atoms with Crippen molar-refractivity contribution in [3.63, 3.8) is 0 Å². The van der Waals surface area contributed by atoms with Gasteiger partial charge in [0, 0.05) is 24.6 Å². The van der Waals surface area contributed by atoms with Crippen LogP contribution < -0.4 is 4.90 Å². The Morgan fingerprint density at radius 2 is 2.25 bits per heavy atom. The number of nitrogens with zero attached hydrogens (tertiary/aromatic N) is 1. The second-order valence-electron chi connectivity index (χ2n) is 3.70. The topological polar surface area (TPSA) is 37.4 Å². The Balaban J connectivity index is 2.27. The van der Waals surface area contributed by atoms with Crippen LogP contribution in [0, 0.1) is 11.7 Å². The van der Waals surface area contributed by atoms with Crippen molar-refractivity contribution in [1.82, 2.24) is 0 Å². The third-order valence-electron chi connectivity index (χ3n) is 2.56. The van der Waals surface area contributed by atoms with Gasteiger partial charge in [0.05, 0.1) is 5.02 Å². The van der Waals surface area contributed by atoms with Gasteiger partial charge in [-0.15, -0.1) is 0 Å². The summed E-state index contributed by atoms with van der Waals surface area (Å²) in [4.78, 5) is 23.6. The van der Waals surface area contributed by atoms with Crippen LogP contribution in [0.3, 0.4) is 0 Å². The van der Waals surface area contributed by atoms with Gasteiger partial charge < -0.3 is 9.69 Å². The van der Waals surface area contributed by atoms with Gasteiger partial charge >= 0.3 is 0 Å². The zero-order valence-electron chi connectivity index (χ0n) is 8.32. The number of carbonyl (C=O) groups is 2. The fourth-order valence-corrected chi connectivity index (χ4v) is 1.90. The normalized spacial score (nSPS) is 20.2. The van der Waals surface area contributed by atoms with Crippen LogP contribution in [0.15, 0.2) is 18.2 Å². The largest absolute Gasteiger partial charge is 0.312 e. The highest BCUT2D eigenvalue weighted by Gasteiger charge is 2.30. The lowest BCUT2D eigenvalue weighted by atomic mass is 10.1. The van der Waals surface area contributed by atoms with Crippen LogP contribution >= 0.6 is 11.6 Å². The summed E-state index contributed by atoms with van der Waals surface area (Å²) in [5, 5.41) is -0.0279. The van der Waals surface area contributed by atoms with Gasteiger partial charge in [0.1, 0.15) is 12.1 Å². The molecule has 1 amide bonds. The van der Waals surface area contributed by atoms with Crippen LogP contribution in [0.1, 0.15) is 6.42 Å². The van der Waals surface area contributed by atoms with Crippen LogP contribution in [-0.2, 0) is 9.59 Å². The molecule has 1 unspecified atom stereocenters. The standard InChI is InChI=1S/C11H9ClFNO2/c12-9-4-8(1-2-10(9)13)14-5-7(6-15)3-11(14)16/h1-2,4,6-7H,3,5H2. The molecule has 1 heterocycles. The molecule has 1 atom stereocenters. The number of hydrogen-bond donors (Lipinski definition) is 0. The Hall–Kier alpha value is -1.42. The fraction of sp³-hybridized carbons (Fsp3) is 0.273. The first-order chi connectivity index (χ1) is 7.61. The third kappa shape index (κ3) is 1.93. The number of halogens is 2. The third-order valence-corrected chi connectivity index (χ3v) is 2.85. The second kappa shape index (κ2) is 4.22. The van der Waals surface area contributed by atoms with Crippen molar-refractivity contribution in [3.05, 3.63) is 29.0 Å². The maximum atomic E-state index is 12.9. The van der Waals surface area contributed by atoms with Crippen molar-refractivity contribution in [1.29, 1.82) is 0 Å². The SMILES string of the molecule is O=CC1CC(=O)N(c2ccc(F)c(Cl)c2)C1. The van der Waals surface area contributed by atoms with Gasteiger partial charge in [-0.1, -0.05) is 11.6 Å². The fourth-order valence-electron chi connectivity index (χ4n) is 1.73. The first-order valence-corrected chi connectivity index (χ1v) is 5.20. The molecule has 5 heteroatoms. The van der Waals surface area contributed by atoms with Crippen LogP contribution in [0.5, 0.6) is 0 Å². The van der Waals surface area contributed by atoms with Gasteiger partial charge in [-0.3, -0.25) is 4.79 Å². The smallest absolute Gasteiger partial charge is 0.227 e. The molecule has 3 nitrogen and oxygen atoms in total. The molecule has 0 bridgehead atoms. The van der Waals surface area contributed by atoms with E-state index in [1.807, 2.05) is 0 Å². The van der Waals surface area contributed by atoms with Crippen molar-refractivity contribution in [3.8, 4) is 0 Å². The lowest BCUT2D eigenvalue weighted by molar-refractivity contribution is -0.119. The number of aldehydes is 1. The summed E-state index contributed by atoms with van der Waals surface area (Å²) in [6.07, 6.45) is 0.974. The summed E-state index contributed by atoms with van der Waals surface area (Å²) in [5.74, 6) is -0.944. The van der Waals surface area contributed by atoms with Crippen molar-refractivity contribution < 1.29 is 14.0 Å². The van der Waals surface area contributed by atoms with E-state index >= 15 is 0 Å². The molecule has 2 rings (SSSR count). The minimum atomic E-state index is -0.524. The molecule has 1 fully saturated rings. The van der Waals surface area contributed by atoms with E-state index in [9.17, 15) is 14.0 Å². The average Bonchev–Trinajstić information content (AvgIpc) is 2.64. The number of carbonyl (C=O) groups excluding carboxylic acids is 2. The number of hydrogen-bond acceptors (Lipinski definition) is 2.